The Hall–Kier alpha value is -13.0. The Morgan fingerprint density at radius 3 is 0.966 bits per heavy atom. The van der Waals surface area contributed by atoms with Crippen LogP contribution in [0.4, 0.5) is 45.5 Å². The molecule has 0 atom stereocenters. The van der Waals surface area contributed by atoms with Crippen molar-refractivity contribution in [3.63, 3.8) is 0 Å². The molecule has 23 aromatic rings. The van der Waals surface area contributed by atoms with Gasteiger partial charge in [-0.25, -0.2) is 0 Å². The molecule has 568 valence electrons. The van der Waals surface area contributed by atoms with E-state index in [1.165, 1.54) is 135 Å². The van der Waals surface area contributed by atoms with Crippen LogP contribution in [0.5, 0.6) is 0 Å². The summed E-state index contributed by atoms with van der Waals surface area (Å²) in [5.41, 5.74) is 17.8. The molecule has 6 nitrogen and oxygen atoms in total. The average molecular weight is 1640 g/mol. The summed E-state index contributed by atoms with van der Waals surface area (Å²) in [6.45, 7) is 6.70. The number of furan rings is 3. The first-order chi connectivity index (χ1) is 56.8. The summed E-state index contributed by atoms with van der Waals surface area (Å²) in [4.78, 5) is 4.82. The van der Waals surface area contributed by atoms with E-state index in [1.807, 2.05) is 18.2 Å². The van der Waals surface area contributed by atoms with Crippen LogP contribution in [-0.2, 0) is 19.3 Å². The van der Waals surface area contributed by atoms with Gasteiger partial charge in [0, 0.05) is 69.1 Å². The minimum Gasteiger partial charge on any atom is -0.454 e. The summed E-state index contributed by atoms with van der Waals surface area (Å²) in [6.07, 6.45) is 6.08. The van der Waals surface area contributed by atoms with Gasteiger partial charge in [0.05, 0.1) is 28.4 Å². The Kier molecular flexibility index (Phi) is 19.4. The lowest BCUT2D eigenvalue weighted by molar-refractivity contribution is 0.661. The molecule has 0 saturated heterocycles. The number of hydrogen-bond acceptors (Lipinski definition) is 6. The minimum atomic E-state index is 0. The largest absolute Gasteiger partial charge is 0.454 e. The van der Waals surface area contributed by atoms with Gasteiger partial charge in [0.2, 0.25) is 0 Å². The van der Waals surface area contributed by atoms with E-state index in [2.05, 4.69) is 383 Å². The fourth-order valence-electron chi connectivity index (χ4n) is 18.5. The van der Waals surface area contributed by atoms with Crippen LogP contribution < -0.4 is 15.1 Å². The third-order valence-electron chi connectivity index (χ3n) is 23.4. The van der Waals surface area contributed by atoms with Gasteiger partial charge in [-0.3, -0.25) is 0 Å². The predicted molar refractivity (Wildman–Crippen MR) is 511 cm³/mol. The number of halogens is 2. The molecule has 0 radical (unpaired) electrons. The highest BCUT2D eigenvalue weighted by Gasteiger charge is 2.28. The van der Waals surface area contributed by atoms with Gasteiger partial charge in [-0.05, 0) is 219 Å². The molecule has 0 bridgehead atoms. The molecule has 0 aliphatic rings. The number of para-hydroxylation sites is 6. The number of aryl methyl sites for hydroxylation is 3. The van der Waals surface area contributed by atoms with Crippen LogP contribution in [0.3, 0.4) is 0 Å². The van der Waals surface area contributed by atoms with Gasteiger partial charge in [-0.2, -0.15) is 0 Å². The second-order valence-electron chi connectivity index (χ2n) is 30.4. The molecule has 20 aromatic carbocycles. The molecular formula is C109H85Br2N3O3. The average Bonchev–Trinajstić information content (AvgIpc) is 0.988. The van der Waals surface area contributed by atoms with Gasteiger partial charge in [0.1, 0.15) is 16.7 Å². The predicted octanol–water partition coefficient (Wildman–Crippen LogP) is 34.4. The summed E-state index contributed by atoms with van der Waals surface area (Å²) in [5, 5.41) is 33.0. The van der Waals surface area contributed by atoms with E-state index < -0.39 is 0 Å². The van der Waals surface area contributed by atoms with Crippen molar-refractivity contribution < 1.29 is 13.3 Å². The SMILES string of the molecule is Brc1ccc2ccc3c(Br)ccc4ccc1c2c43.C.C.CCCc1cc2ccccc2c2c1oc1c(N(c3ccccc3)c3ccc4ccc5c(N(c6ccccc6)c6cccc7c6oc6c(CCC)cc8ccccc8c67)ccc6ccc3c4c65)cccc12.CCCc1cc2ccccc2c2c1oc1c(Nc3ccccc3)cccc12. The third-order valence-corrected chi connectivity index (χ3v) is 24.8. The molecule has 23 rings (SSSR count). The summed E-state index contributed by atoms with van der Waals surface area (Å²) in [7, 11) is 0. The van der Waals surface area contributed by atoms with Crippen LogP contribution in [-0.4, -0.2) is 0 Å². The highest BCUT2D eigenvalue weighted by molar-refractivity contribution is 9.11. The van der Waals surface area contributed by atoms with E-state index in [1.54, 1.807) is 0 Å². The zero-order chi connectivity index (χ0) is 76.9. The van der Waals surface area contributed by atoms with Gasteiger partial charge in [0.15, 0.2) is 16.7 Å². The van der Waals surface area contributed by atoms with E-state index in [4.69, 9.17) is 13.3 Å². The van der Waals surface area contributed by atoms with Crippen molar-refractivity contribution in [1.82, 2.24) is 0 Å². The van der Waals surface area contributed by atoms with Crippen LogP contribution in [0.25, 0.3) is 163 Å². The topological polar surface area (TPSA) is 57.9 Å². The lowest BCUT2D eigenvalue weighted by Gasteiger charge is -2.29. The van der Waals surface area contributed by atoms with Crippen molar-refractivity contribution in [3.8, 4) is 0 Å². The van der Waals surface area contributed by atoms with Gasteiger partial charge < -0.3 is 28.4 Å². The van der Waals surface area contributed by atoms with Crippen LogP contribution in [0, 0.1) is 0 Å². The smallest absolute Gasteiger partial charge is 0.159 e. The lowest BCUT2D eigenvalue weighted by atomic mass is 9.91. The van der Waals surface area contributed by atoms with Gasteiger partial charge >= 0.3 is 0 Å². The standard InChI is InChI=1S/C66H48N2O2.C25H21NO.C16H8Br2.2CH4/c1-3-17-45-39-43-19-11-13-25-49(43)61-53-27-15-29-57(65(53)69-63(45)61)67(47-21-7-5-8-22-47)55-37-33-41-32-36-52-56(38-34-42-31-35-51(55)59(41)60(42)52)68(48-23-9-6-10-24-48)58-30-16-28-54-62-50-26-14-12-20-44(50)40-46(18-4-2)64(62)70-66(54)58;1-2-9-18-16-17-10-6-7-13-20(17)23-21-14-8-15-22(25(21)27-24(18)23)26-19-11-4-3-5-12-19;17-13-8-4-10-2-6-12-14(18)7-3-9-1-5-11(13)16(10)15(9)12;;/h5-16,19-40H,3-4,17-18H2,1-2H3;3-8,10-16,26H,2,9H2,1H3;1-8H;2*1H4. The molecule has 8 heteroatoms. The number of nitrogens with zero attached hydrogens (tertiary/aromatic N) is 2. The molecule has 0 unspecified atom stereocenters. The lowest BCUT2D eigenvalue weighted by Crippen LogP contribution is -2.11. The molecular weight excluding hydrogens is 1560 g/mol. The van der Waals surface area contributed by atoms with Crippen LogP contribution >= 0.6 is 31.9 Å². The number of benzene rings is 20. The summed E-state index contributed by atoms with van der Waals surface area (Å²) < 4.78 is 23.2. The van der Waals surface area contributed by atoms with E-state index >= 15 is 0 Å². The Morgan fingerprint density at radius 2 is 0.564 bits per heavy atom. The first-order valence-electron chi connectivity index (χ1n) is 40.1. The van der Waals surface area contributed by atoms with Crippen LogP contribution in [0.2, 0.25) is 0 Å². The molecule has 117 heavy (non-hydrogen) atoms. The Bertz CT molecular complexity index is 7360. The zero-order valence-corrected chi connectivity index (χ0v) is 67.0. The van der Waals surface area contributed by atoms with Crippen molar-refractivity contribution >= 4 is 240 Å². The molecule has 3 aromatic heterocycles. The minimum absolute atomic E-state index is 0. The van der Waals surface area contributed by atoms with Crippen molar-refractivity contribution in [2.24, 2.45) is 0 Å². The molecule has 1 N–H and O–H groups in total. The highest BCUT2D eigenvalue weighted by Crippen LogP contribution is 2.53. The number of fused-ring (bicyclic) bond motifs is 15. The van der Waals surface area contributed by atoms with Gasteiger partial charge in [-0.1, -0.05) is 323 Å². The molecule has 0 aliphatic carbocycles. The van der Waals surface area contributed by atoms with E-state index in [0.717, 1.165) is 137 Å². The molecule has 0 spiro atoms. The Morgan fingerprint density at radius 1 is 0.248 bits per heavy atom. The summed E-state index contributed by atoms with van der Waals surface area (Å²) >= 11 is 7.30. The molecule has 0 saturated carbocycles. The maximum atomic E-state index is 7.19. The fraction of sp³-hybridized carbons (Fsp3) is 0.101. The molecule has 0 fully saturated rings. The van der Waals surface area contributed by atoms with E-state index in [9.17, 15) is 0 Å². The van der Waals surface area contributed by atoms with Crippen molar-refractivity contribution in [2.75, 3.05) is 15.1 Å². The first-order valence-corrected chi connectivity index (χ1v) is 41.7. The second-order valence-corrected chi connectivity index (χ2v) is 32.1. The van der Waals surface area contributed by atoms with Gasteiger partial charge in [0.25, 0.3) is 0 Å². The van der Waals surface area contributed by atoms with E-state index in [0.29, 0.717) is 0 Å². The van der Waals surface area contributed by atoms with E-state index in [-0.39, 0.29) is 14.9 Å². The molecule has 0 amide bonds. The molecule has 0 aliphatic heterocycles. The van der Waals surface area contributed by atoms with Crippen molar-refractivity contribution in [3.05, 3.63) is 359 Å². The third kappa shape index (κ3) is 12.4. The van der Waals surface area contributed by atoms with Crippen molar-refractivity contribution in [2.45, 2.75) is 74.1 Å². The zero-order valence-electron chi connectivity index (χ0n) is 63.9. The Balaban J connectivity index is 0.000000157. The highest BCUT2D eigenvalue weighted by atomic mass is 79.9. The molecule has 3 heterocycles. The first kappa shape index (κ1) is 74.1. The quantitative estimate of drug-likeness (QED) is 0.110. The monoisotopic (exact) mass is 1640 g/mol. The maximum absolute atomic E-state index is 7.19. The van der Waals surface area contributed by atoms with Gasteiger partial charge in [-0.15, -0.1) is 0 Å². The normalized spacial score (nSPS) is 11.7. The summed E-state index contributed by atoms with van der Waals surface area (Å²) in [5.74, 6) is 0. The van der Waals surface area contributed by atoms with Crippen molar-refractivity contribution in [1.29, 1.82) is 0 Å². The van der Waals surface area contributed by atoms with Crippen LogP contribution in [0.1, 0.15) is 71.6 Å². The maximum Gasteiger partial charge on any atom is 0.159 e. The summed E-state index contributed by atoms with van der Waals surface area (Å²) in [6, 6.07) is 120. The number of anilines is 8. The number of nitrogens with one attached hydrogen (secondary N) is 1. The van der Waals surface area contributed by atoms with Crippen LogP contribution in [0.15, 0.2) is 356 Å². The Labute approximate surface area is 696 Å². The second kappa shape index (κ2) is 30.7. The number of rotatable bonds is 14. The number of hydrogen-bond donors (Lipinski definition) is 1. The fourth-order valence-corrected chi connectivity index (χ4v) is 19.4.